The lowest BCUT2D eigenvalue weighted by Gasteiger charge is -2.20. The van der Waals surface area contributed by atoms with E-state index in [0.29, 0.717) is 30.9 Å². The standard InChI is InChI=1S/C18H18Cl3N3OS2.ClH/c1-10-7-11(19)8-13-15(10)22-18(26-13)24(6-4-5-23(2)3)17(25)12-9-14(20)27-16(12)21;/h7-9H,4-6H2,1-3H3;1H. The lowest BCUT2D eigenvalue weighted by atomic mass is 10.2. The smallest absolute Gasteiger partial charge is 0.262 e. The van der Waals surface area contributed by atoms with Gasteiger partial charge in [0, 0.05) is 11.6 Å². The summed E-state index contributed by atoms with van der Waals surface area (Å²) < 4.78 is 1.83. The molecule has 0 atom stereocenters. The second-order valence-corrected chi connectivity index (χ2v) is 10.1. The van der Waals surface area contributed by atoms with Crippen LogP contribution in [0.5, 0.6) is 0 Å². The summed E-state index contributed by atoms with van der Waals surface area (Å²) in [6, 6.07) is 5.37. The second kappa shape index (κ2) is 9.94. The van der Waals surface area contributed by atoms with E-state index in [4.69, 9.17) is 39.8 Å². The Morgan fingerprint density at radius 1 is 1.11 bits per heavy atom. The minimum Gasteiger partial charge on any atom is -0.309 e. The molecule has 2 aromatic heterocycles. The van der Waals surface area contributed by atoms with Crippen molar-refractivity contribution in [1.82, 2.24) is 9.88 Å². The summed E-state index contributed by atoms with van der Waals surface area (Å²) in [5.74, 6) is -0.190. The molecule has 1 aromatic carbocycles. The molecule has 3 aromatic rings. The fraction of sp³-hybridized carbons (Fsp3) is 0.333. The largest absolute Gasteiger partial charge is 0.309 e. The molecule has 3 rings (SSSR count). The molecule has 10 heteroatoms. The van der Waals surface area contributed by atoms with E-state index in [-0.39, 0.29) is 18.3 Å². The summed E-state index contributed by atoms with van der Waals surface area (Å²) >= 11 is 21.1. The van der Waals surface area contributed by atoms with Gasteiger partial charge in [-0.05, 0) is 57.7 Å². The van der Waals surface area contributed by atoms with Gasteiger partial charge in [0.05, 0.1) is 20.1 Å². The summed E-state index contributed by atoms with van der Waals surface area (Å²) in [6.07, 6.45) is 0.809. The van der Waals surface area contributed by atoms with Crippen LogP contribution in [-0.4, -0.2) is 43.0 Å². The monoisotopic (exact) mass is 497 g/mol. The first kappa shape index (κ1) is 23.7. The van der Waals surface area contributed by atoms with Gasteiger partial charge in [-0.25, -0.2) is 4.98 Å². The van der Waals surface area contributed by atoms with Crippen LogP contribution in [0.2, 0.25) is 13.7 Å². The Morgan fingerprint density at radius 2 is 1.82 bits per heavy atom. The van der Waals surface area contributed by atoms with Gasteiger partial charge in [-0.1, -0.05) is 46.1 Å². The number of carbonyl (C=O) groups excluding carboxylic acids is 1. The maximum Gasteiger partial charge on any atom is 0.262 e. The minimum atomic E-state index is -0.190. The molecule has 0 aliphatic heterocycles. The van der Waals surface area contributed by atoms with Crippen molar-refractivity contribution in [2.45, 2.75) is 13.3 Å². The lowest BCUT2D eigenvalue weighted by Crippen LogP contribution is -2.33. The number of fused-ring (bicyclic) bond motifs is 1. The average Bonchev–Trinajstić information content (AvgIpc) is 3.13. The SMILES string of the molecule is Cc1cc(Cl)cc2sc(N(CCCN(C)C)C(=O)c3cc(Cl)sc3Cl)nc12.Cl. The number of rotatable bonds is 6. The van der Waals surface area contributed by atoms with E-state index in [2.05, 4.69) is 4.90 Å². The van der Waals surface area contributed by atoms with Crippen molar-refractivity contribution < 1.29 is 4.79 Å². The zero-order valence-corrected chi connectivity index (χ0v) is 20.2. The first-order chi connectivity index (χ1) is 12.8. The number of amides is 1. The summed E-state index contributed by atoms with van der Waals surface area (Å²) in [5.41, 5.74) is 2.25. The molecule has 0 saturated heterocycles. The van der Waals surface area contributed by atoms with Crippen LogP contribution >= 0.6 is 69.9 Å². The predicted octanol–water partition coefficient (Wildman–Crippen LogP) is 6.65. The second-order valence-electron chi connectivity index (χ2n) is 6.42. The highest BCUT2D eigenvalue weighted by atomic mass is 35.5. The van der Waals surface area contributed by atoms with E-state index in [0.717, 1.165) is 28.7 Å². The Bertz CT molecular complexity index is 987. The van der Waals surface area contributed by atoms with Crippen LogP contribution in [0.15, 0.2) is 18.2 Å². The van der Waals surface area contributed by atoms with Gasteiger partial charge in [-0.3, -0.25) is 9.69 Å². The summed E-state index contributed by atoms with van der Waals surface area (Å²) in [7, 11) is 4.01. The molecule has 0 bridgehead atoms. The van der Waals surface area contributed by atoms with E-state index in [9.17, 15) is 4.79 Å². The van der Waals surface area contributed by atoms with Crippen LogP contribution in [0.1, 0.15) is 22.3 Å². The van der Waals surface area contributed by atoms with Gasteiger partial charge in [-0.15, -0.1) is 23.7 Å². The summed E-state index contributed by atoms with van der Waals surface area (Å²) in [6.45, 7) is 3.36. The number of hydrogen-bond acceptors (Lipinski definition) is 5. The Hall–Kier alpha value is -0.600. The summed E-state index contributed by atoms with van der Waals surface area (Å²) in [5, 5.41) is 1.30. The van der Waals surface area contributed by atoms with Crippen LogP contribution in [0.25, 0.3) is 10.2 Å². The van der Waals surface area contributed by atoms with Gasteiger partial charge >= 0.3 is 0 Å². The van der Waals surface area contributed by atoms with Crippen molar-refractivity contribution >= 4 is 91.1 Å². The van der Waals surface area contributed by atoms with Crippen LogP contribution in [-0.2, 0) is 0 Å². The van der Waals surface area contributed by atoms with Gasteiger partial charge in [0.25, 0.3) is 5.91 Å². The molecule has 0 fully saturated rings. The molecular weight excluding hydrogens is 480 g/mol. The third-order valence-corrected chi connectivity index (χ3v) is 6.72. The molecule has 0 aliphatic rings. The minimum absolute atomic E-state index is 0. The molecule has 0 N–H and O–H groups in total. The van der Waals surface area contributed by atoms with Crippen molar-refractivity contribution in [2.24, 2.45) is 0 Å². The normalized spacial score (nSPS) is 11.1. The molecule has 0 saturated carbocycles. The highest BCUT2D eigenvalue weighted by Gasteiger charge is 2.25. The Morgan fingerprint density at radius 3 is 2.43 bits per heavy atom. The number of aromatic nitrogens is 1. The Labute approximate surface area is 193 Å². The van der Waals surface area contributed by atoms with Gasteiger partial charge < -0.3 is 4.90 Å². The van der Waals surface area contributed by atoms with Gasteiger partial charge in [-0.2, -0.15) is 0 Å². The molecule has 0 spiro atoms. The van der Waals surface area contributed by atoms with Crippen LogP contribution in [0.4, 0.5) is 5.13 Å². The van der Waals surface area contributed by atoms with Crippen molar-refractivity contribution in [3.63, 3.8) is 0 Å². The van der Waals surface area contributed by atoms with Crippen molar-refractivity contribution in [3.8, 4) is 0 Å². The fourth-order valence-electron chi connectivity index (χ4n) is 2.72. The molecule has 0 radical (unpaired) electrons. The van der Waals surface area contributed by atoms with E-state index in [1.54, 1.807) is 11.0 Å². The predicted molar refractivity (Wildman–Crippen MR) is 126 cm³/mol. The van der Waals surface area contributed by atoms with Crippen molar-refractivity contribution in [3.05, 3.63) is 43.0 Å². The Kier molecular flexibility index (Phi) is 8.40. The van der Waals surface area contributed by atoms with E-state index >= 15 is 0 Å². The number of hydrogen-bond donors (Lipinski definition) is 0. The summed E-state index contributed by atoms with van der Waals surface area (Å²) in [4.78, 5) is 21.7. The third kappa shape index (κ3) is 5.30. The number of aryl methyl sites for hydroxylation is 1. The third-order valence-electron chi connectivity index (χ3n) is 3.99. The van der Waals surface area contributed by atoms with Crippen molar-refractivity contribution in [2.75, 3.05) is 32.1 Å². The average molecular weight is 499 g/mol. The number of benzene rings is 1. The number of carbonyl (C=O) groups is 1. The molecule has 4 nitrogen and oxygen atoms in total. The first-order valence-corrected chi connectivity index (χ1v) is 11.0. The maximum absolute atomic E-state index is 13.2. The number of anilines is 1. The van der Waals surface area contributed by atoms with Crippen LogP contribution < -0.4 is 4.90 Å². The van der Waals surface area contributed by atoms with Crippen molar-refractivity contribution in [1.29, 1.82) is 0 Å². The first-order valence-electron chi connectivity index (χ1n) is 8.24. The van der Waals surface area contributed by atoms with E-state index in [1.165, 1.54) is 22.7 Å². The van der Waals surface area contributed by atoms with Gasteiger partial charge in [0.15, 0.2) is 5.13 Å². The fourth-order valence-corrected chi connectivity index (χ4v) is 5.61. The number of nitrogens with zero attached hydrogens (tertiary/aromatic N) is 3. The molecular formula is C18H19Cl4N3OS2. The van der Waals surface area contributed by atoms with E-state index < -0.39 is 0 Å². The molecule has 0 unspecified atom stereocenters. The topological polar surface area (TPSA) is 36.4 Å². The van der Waals surface area contributed by atoms with Crippen LogP contribution in [0.3, 0.4) is 0 Å². The molecule has 1 amide bonds. The lowest BCUT2D eigenvalue weighted by molar-refractivity contribution is 0.0986. The Balaban J connectivity index is 0.00000280. The molecule has 28 heavy (non-hydrogen) atoms. The number of thiazole rings is 1. The maximum atomic E-state index is 13.2. The highest BCUT2D eigenvalue weighted by molar-refractivity contribution is 7.22. The van der Waals surface area contributed by atoms with E-state index in [1.807, 2.05) is 33.2 Å². The number of halogens is 4. The highest BCUT2D eigenvalue weighted by Crippen LogP contribution is 2.36. The molecule has 0 aliphatic carbocycles. The van der Waals surface area contributed by atoms with Gasteiger partial charge in [0.2, 0.25) is 0 Å². The molecule has 152 valence electrons. The quantitative estimate of drug-likeness (QED) is 0.381. The zero-order chi connectivity index (χ0) is 19.7. The van der Waals surface area contributed by atoms with Gasteiger partial charge in [0.1, 0.15) is 4.34 Å². The zero-order valence-electron chi connectivity index (χ0n) is 15.5. The molecule has 2 heterocycles. The van der Waals surface area contributed by atoms with Crippen LogP contribution in [0, 0.1) is 6.92 Å². The number of thiophene rings is 1.